The number of nitrogens with two attached hydrogens (primary N) is 1. The molecule has 3 nitrogen and oxygen atoms in total. The van der Waals surface area contributed by atoms with Crippen LogP contribution in [0.1, 0.15) is 18.6 Å². The number of likely N-dealkylation sites (tertiary alicyclic amines) is 1. The van der Waals surface area contributed by atoms with E-state index < -0.39 is 0 Å². The Balaban J connectivity index is 0.000000980. The molecule has 2 N–H and O–H groups in total. The predicted molar refractivity (Wildman–Crippen MR) is 58.4 cm³/mol. The summed E-state index contributed by atoms with van der Waals surface area (Å²) in [6.45, 7) is 3.13. The average Bonchev–Trinajstić information content (AvgIpc) is 2.62. The molecule has 0 atom stereocenters. The van der Waals surface area contributed by atoms with Crippen LogP contribution in [0.25, 0.3) is 0 Å². The molecule has 0 radical (unpaired) electrons. The first kappa shape index (κ1) is 11.6. The van der Waals surface area contributed by atoms with Crippen LogP contribution in [0.2, 0.25) is 0 Å². The van der Waals surface area contributed by atoms with E-state index in [9.17, 15) is 0 Å². The molecule has 0 bridgehead atoms. The first-order chi connectivity index (χ1) is 6.34. The summed E-state index contributed by atoms with van der Waals surface area (Å²) >= 11 is 0. The van der Waals surface area contributed by atoms with Crippen molar-refractivity contribution in [3.05, 3.63) is 24.2 Å². The lowest BCUT2D eigenvalue weighted by molar-refractivity contribution is 0.192. The summed E-state index contributed by atoms with van der Waals surface area (Å²) in [6, 6.07) is 4.37. The van der Waals surface area contributed by atoms with E-state index in [-0.39, 0.29) is 12.4 Å². The van der Waals surface area contributed by atoms with Gasteiger partial charge in [-0.3, -0.25) is 4.90 Å². The third kappa shape index (κ3) is 3.01. The van der Waals surface area contributed by atoms with E-state index in [1.165, 1.54) is 0 Å². The lowest BCUT2D eigenvalue weighted by Crippen LogP contribution is -2.39. The third-order valence-corrected chi connectivity index (χ3v) is 2.59. The van der Waals surface area contributed by atoms with E-state index >= 15 is 0 Å². The van der Waals surface area contributed by atoms with E-state index in [0.29, 0.717) is 6.04 Å². The van der Waals surface area contributed by atoms with Crippen LogP contribution in [0.3, 0.4) is 0 Å². The molecule has 0 spiro atoms. The quantitative estimate of drug-likeness (QED) is 0.817. The molecule has 1 saturated heterocycles. The molecule has 4 heteroatoms. The molecular weight excluding hydrogens is 200 g/mol. The highest BCUT2D eigenvalue weighted by molar-refractivity contribution is 5.85. The van der Waals surface area contributed by atoms with Crippen molar-refractivity contribution in [3.8, 4) is 0 Å². The molecule has 0 unspecified atom stereocenters. The topological polar surface area (TPSA) is 42.4 Å². The highest BCUT2D eigenvalue weighted by atomic mass is 35.5. The van der Waals surface area contributed by atoms with Gasteiger partial charge in [-0.15, -0.1) is 12.4 Å². The molecule has 1 aliphatic rings. The third-order valence-electron chi connectivity index (χ3n) is 2.59. The van der Waals surface area contributed by atoms with Gasteiger partial charge in [-0.25, -0.2) is 0 Å². The standard InChI is InChI=1S/C10H16N2O.ClH/c11-9-3-5-12(6-4-9)8-10-2-1-7-13-10;/h1-2,7,9H,3-6,8,11H2;1H. The summed E-state index contributed by atoms with van der Waals surface area (Å²) in [7, 11) is 0. The highest BCUT2D eigenvalue weighted by Gasteiger charge is 2.16. The fraction of sp³-hybridized carbons (Fsp3) is 0.600. The van der Waals surface area contributed by atoms with Crippen LogP contribution in [0, 0.1) is 0 Å². The maximum absolute atomic E-state index is 5.82. The Morgan fingerprint density at radius 2 is 2.14 bits per heavy atom. The van der Waals surface area contributed by atoms with E-state index in [0.717, 1.165) is 38.2 Å². The lowest BCUT2D eigenvalue weighted by Gasteiger charge is -2.29. The number of halogens is 1. The fourth-order valence-corrected chi connectivity index (χ4v) is 1.73. The van der Waals surface area contributed by atoms with E-state index in [4.69, 9.17) is 10.2 Å². The molecule has 0 aromatic carbocycles. The number of rotatable bonds is 2. The van der Waals surface area contributed by atoms with Gasteiger partial charge in [-0.05, 0) is 25.0 Å². The molecule has 1 fully saturated rings. The van der Waals surface area contributed by atoms with Gasteiger partial charge in [0.2, 0.25) is 0 Å². The summed E-state index contributed by atoms with van der Waals surface area (Å²) in [5.41, 5.74) is 5.82. The first-order valence-electron chi connectivity index (χ1n) is 4.85. The Labute approximate surface area is 90.7 Å². The van der Waals surface area contributed by atoms with Gasteiger partial charge in [0.05, 0.1) is 12.8 Å². The second-order valence-electron chi connectivity index (χ2n) is 3.69. The van der Waals surface area contributed by atoms with Crippen LogP contribution in [-0.2, 0) is 6.54 Å². The summed E-state index contributed by atoms with van der Waals surface area (Å²) in [5.74, 6) is 1.05. The fourth-order valence-electron chi connectivity index (χ4n) is 1.73. The number of piperidine rings is 1. The maximum atomic E-state index is 5.82. The summed E-state index contributed by atoms with van der Waals surface area (Å²) in [6.07, 6.45) is 3.95. The molecule has 1 aromatic heterocycles. The van der Waals surface area contributed by atoms with Crippen molar-refractivity contribution < 1.29 is 4.42 Å². The van der Waals surface area contributed by atoms with Gasteiger partial charge in [0.15, 0.2) is 0 Å². The van der Waals surface area contributed by atoms with Crippen molar-refractivity contribution >= 4 is 12.4 Å². The Morgan fingerprint density at radius 1 is 1.43 bits per heavy atom. The number of hydrogen-bond acceptors (Lipinski definition) is 3. The molecule has 0 saturated carbocycles. The van der Waals surface area contributed by atoms with Crippen molar-refractivity contribution in [2.45, 2.75) is 25.4 Å². The zero-order valence-corrected chi connectivity index (χ0v) is 9.00. The van der Waals surface area contributed by atoms with Crippen molar-refractivity contribution in [2.75, 3.05) is 13.1 Å². The smallest absolute Gasteiger partial charge is 0.117 e. The molecule has 1 aromatic rings. The van der Waals surface area contributed by atoms with Gasteiger partial charge < -0.3 is 10.2 Å². The SMILES string of the molecule is Cl.NC1CCN(Cc2ccco2)CC1. The van der Waals surface area contributed by atoms with Crippen LogP contribution in [-0.4, -0.2) is 24.0 Å². The van der Waals surface area contributed by atoms with Gasteiger partial charge >= 0.3 is 0 Å². The minimum absolute atomic E-state index is 0. The monoisotopic (exact) mass is 216 g/mol. The Morgan fingerprint density at radius 3 is 2.71 bits per heavy atom. The Hall–Kier alpha value is -0.510. The summed E-state index contributed by atoms with van der Waals surface area (Å²) in [5, 5.41) is 0. The molecule has 2 rings (SSSR count). The normalized spacial score (nSPS) is 19.2. The van der Waals surface area contributed by atoms with Gasteiger partial charge in [0.25, 0.3) is 0 Å². The molecule has 2 heterocycles. The molecule has 80 valence electrons. The molecule has 14 heavy (non-hydrogen) atoms. The lowest BCUT2D eigenvalue weighted by atomic mass is 10.1. The largest absolute Gasteiger partial charge is 0.468 e. The summed E-state index contributed by atoms with van der Waals surface area (Å²) < 4.78 is 5.29. The Kier molecular flexibility index (Phi) is 4.45. The molecular formula is C10H17ClN2O. The van der Waals surface area contributed by atoms with E-state index in [1.807, 2.05) is 12.1 Å². The second-order valence-corrected chi connectivity index (χ2v) is 3.69. The maximum Gasteiger partial charge on any atom is 0.117 e. The van der Waals surface area contributed by atoms with Crippen molar-refractivity contribution in [1.29, 1.82) is 0 Å². The van der Waals surface area contributed by atoms with Crippen LogP contribution in [0.5, 0.6) is 0 Å². The Bertz CT molecular complexity index is 243. The van der Waals surface area contributed by atoms with Crippen molar-refractivity contribution in [3.63, 3.8) is 0 Å². The number of furan rings is 1. The predicted octanol–water partition coefficient (Wildman–Crippen LogP) is 1.62. The second kappa shape index (κ2) is 5.39. The minimum atomic E-state index is 0. The van der Waals surface area contributed by atoms with Crippen LogP contribution < -0.4 is 5.73 Å². The number of nitrogens with zero attached hydrogens (tertiary/aromatic N) is 1. The zero-order chi connectivity index (χ0) is 9.10. The van der Waals surface area contributed by atoms with Crippen molar-refractivity contribution in [1.82, 2.24) is 4.90 Å². The van der Waals surface area contributed by atoms with Gasteiger partial charge in [-0.2, -0.15) is 0 Å². The highest BCUT2D eigenvalue weighted by Crippen LogP contribution is 2.12. The molecule has 0 aliphatic carbocycles. The average molecular weight is 217 g/mol. The van der Waals surface area contributed by atoms with Crippen LogP contribution in [0.15, 0.2) is 22.8 Å². The van der Waals surface area contributed by atoms with Gasteiger partial charge in [0.1, 0.15) is 5.76 Å². The first-order valence-corrected chi connectivity index (χ1v) is 4.85. The molecule has 1 aliphatic heterocycles. The van der Waals surface area contributed by atoms with Gasteiger partial charge in [-0.1, -0.05) is 0 Å². The van der Waals surface area contributed by atoms with E-state index in [2.05, 4.69) is 4.90 Å². The summed E-state index contributed by atoms with van der Waals surface area (Å²) in [4.78, 5) is 2.39. The van der Waals surface area contributed by atoms with Gasteiger partial charge in [0, 0.05) is 19.1 Å². The van der Waals surface area contributed by atoms with Crippen LogP contribution >= 0.6 is 12.4 Å². The van der Waals surface area contributed by atoms with E-state index in [1.54, 1.807) is 6.26 Å². The minimum Gasteiger partial charge on any atom is -0.468 e. The zero-order valence-electron chi connectivity index (χ0n) is 8.19. The molecule has 0 amide bonds. The van der Waals surface area contributed by atoms with Crippen molar-refractivity contribution in [2.24, 2.45) is 5.73 Å². The van der Waals surface area contributed by atoms with Crippen LogP contribution in [0.4, 0.5) is 0 Å². The number of hydrogen-bond donors (Lipinski definition) is 1.